The molecule has 2 amide bonds. The molecule has 34 heavy (non-hydrogen) atoms. The van der Waals surface area contributed by atoms with Crippen LogP contribution in [0.15, 0.2) is 89.1 Å². The highest BCUT2D eigenvalue weighted by Crippen LogP contribution is 2.37. The second-order valence-corrected chi connectivity index (χ2v) is 8.30. The summed E-state index contributed by atoms with van der Waals surface area (Å²) in [6, 6.07) is 23.1. The topological polar surface area (TPSA) is 71.3 Å². The van der Waals surface area contributed by atoms with Gasteiger partial charge in [-0.05, 0) is 37.1 Å². The fraction of sp³-hybridized carbons (Fsp3) is 0.148. The summed E-state index contributed by atoms with van der Waals surface area (Å²) in [4.78, 5) is 19.4. The van der Waals surface area contributed by atoms with Crippen LogP contribution in [0.4, 0.5) is 9.18 Å². The molecule has 6 nitrogen and oxygen atoms in total. The van der Waals surface area contributed by atoms with Crippen molar-refractivity contribution in [1.82, 2.24) is 20.4 Å². The number of nitrogens with one attached hydrogen (secondary N) is 1. The Morgan fingerprint density at radius 1 is 1.00 bits per heavy atom. The number of allylic oxidation sites excluding steroid dienone is 1. The van der Waals surface area contributed by atoms with E-state index < -0.39 is 6.04 Å². The van der Waals surface area contributed by atoms with E-state index in [2.05, 4.69) is 15.5 Å². The summed E-state index contributed by atoms with van der Waals surface area (Å²) in [6.45, 7) is 4.30. The molecule has 2 heterocycles. The normalized spacial score (nSPS) is 16.0. The van der Waals surface area contributed by atoms with Crippen molar-refractivity contribution in [3.8, 4) is 11.4 Å². The van der Waals surface area contributed by atoms with Crippen LogP contribution in [0.1, 0.15) is 35.5 Å². The standard InChI is InChI=1S/C27H23FN4O2/c1-17-11-13-19(14-12-17)16-32-18(2)23(24(29-27(32)33)20-7-4-3-5-8-20)26-30-25(31-34-26)21-9-6-10-22(28)15-21/h3-15,24H,16H2,1-2H3,(H,29,33). The number of aryl methyl sites for hydroxylation is 1. The molecule has 0 saturated heterocycles. The number of nitrogens with zero attached hydrogens (tertiary/aromatic N) is 3. The van der Waals surface area contributed by atoms with Crippen molar-refractivity contribution in [2.45, 2.75) is 26.4 Å². The van der Waals surface area contributed by atoms with E-state index in [-0.39, 0.29) is 23.6 Å². The van der Waals surface area contributed by atoms with Crippen LogP contribution in [-0.4, -0.2) is 21.1 Å². The number of carbonyl (C=O) groups is 1. The largest absolute Gasteiger partial charge is 0.334 e. The van der Waals surface area contributed by atoms with Gasteiger partial charge in [-0.15, -0.1) is 0 Å². The zero-order valence-electron chi connectivity index (χ0n) is 18.8. The van der Waals surface area contributed by atoms with Gasteiger partial charge in [-0.1, -0.05) is 77.5 Å². The Hall–Kier alpha value is -4.26. The molecule has 1 atom stereocenters. The first-order chi connectivity index (χ1) is 16.5. The van der Waals surface area contributed by atoms with Gasteiger partial charge in [0.25, 0.3) is 5.89 Å². The number of hydrogen-bond donors (Lipinski definition) is 1. The van der Waals surface area contributed by atoms with Crippen molar-refractivity contribution < 1.29 is 13.7 Å². The summed E-state index contributed by atoms with van der Waals surface area (Å²) < 4.78 is 19.4. The summed E-state index contributed by atoms with van der Waals surface area (Å²) >= 11 is 0. The molecule has 5 rings (SSSR count). The molecule has 0 spiro atoms. The van der Waals surface area contributed by atoms with Crippen molar-refractivity contribution in [2.24, 2.45) is 0 Å². The van der Waals surface area contributed by atoms with Gasteiger partial charge in [0.1, 0.15) is 5.82 Å². The third-order valence-electron chi connectivity index (χ3n) is 5.93. The number of aromatic nitrogens is 2. The number of amides is 2. The quantitative estimate of drug-likeness (QED) is 0.409. The van der Waals surface area contributed by atoms with E-state index in [9.17, 15) is 9.18 Å². The molecule has 1 aliphatic heterocycles. The molecule has 7 heteroatoms. The van der Waals surface area contributed by atoms with E-state index in [1.807, 2.05) is 68.4 Å². The molecule has 0 bridgehead atoms. The molecule has 0 saturated carbocycles. The first-order valence-corrected chi connectivity index (χ1v) is 11.0. The van der Waals surface area contributed by atoms with Crippen LogP contribution < -0.4 is 5.32 Å². The van der Waals surface area contributed by atoms with E-state index in [0.29, 0.717) is 23.4 Å². The highest BCUT2D eigenvalue weighted by Gasteiger charge is 2.35. The first-order valence-electron chi connectivity index (χ1n) is 11.0. The third kappa shape index (κ3) is 4.20. The van der Waals surface area contributed by atoms with Crippen molar-refractivity contribution in [2.75, 3.05) is 0 Å². The van der Waals surface area contributed by atoms with Crippen molar-refractivity contribution in [3.05, 3.63) is 113 Å². The van der Waals surface area contributed by atoms with Gasteiger partial charge in [-0.25, -0.2) is 9.18 Å². The molecule has 3 aromatic carbocycles. The zero-order valence-corrected chi connectivity index (χ0v) is 18.8. The zero-order chi connectivity index (χ0) is 23.7. The number of rotatable bonds is 5. The fourth-order valence-corrected chi connectivity index (χ4v) is 4.10. The monoisotopic (exact) mass is 454 g/mol. The van der Waals surface area contributed by atoms with E-state index in [1.54, 1.807) is 17.0 Å². The van der Waals surface area contributed by atoms with Gasteiger partial charge in [0.2, 0.25) is 5.82 Å². The molecule has 0 fully saturated rings. The minimum atomic E-state index is -0.469. The van der Waals surface area contributed by atoms with E-state index >= 15 is 0 Å². The lowest BCUT2D eigenvalue weighted by Gasteiger charge is -2.35. The smallest absolute Gasteiger partial charge is 0.322 e. The average molecular weight is 455 g/mol. The molecule has 1 aromatic heterocycles. The lowest BCUT2D eigenvalue weighted by atomic mass is 9.94. The second kappa shape index (κ2) is 8.94. The molecule has 1 N–H and O–H groups in total. The van der Waals surface area contributed by atoms with Gasteiger partial charge in [0.15, 0.2) is 0 Å². The molecule has 0 radical (unpaired) electrons. The van der Waals surface area contributed by atoms with Crippen LogP contribution in [0.5, 0.6) is 0 Å². The molecule has 0 aliphatic carbocycles. The van der Waals surface area contributed by atoms with E-state index in [1.165, 1.54) is 12.1 Å². The number of carbonyl (C=O) groups excluding carboxylic acids is 1. The van der Waals surface area contributed by atoms with Crippen LogP contribution >= 0.6 is 0 Å². The van der Waals surface area contributed by atoms with Crippen LogP contribution in [0.2, 0.25) is 0 Å². The summed E-state index contributed by atoms with van der Waals surface area (Å²) in [6.07, 6.45) is 0. The number of hydrogen-bond acceptors (Lipinski definition) is 4. The Bertz CT molecular complexity index is 1360. The highest BCUT2D eigenvalue weighted by atomic mass is 19.1. The average Bonchev–Trinajstić information content (AvgIpc) is 3.33. The summed E-state index contributed by atoms with van der Waals surface area (Å²) in [5, 5.41) is 7.18. The fourth-order valence-electron chi connectivity index (χ4n) is 4.10. The molecular weight excluding hydrogens is 431 g/mol. The first kappa shape index (κ1) is 21.6. The minimum Gasteiger partial charge on any atom is -0.334 e. The van der Waals surface area contributed by atoms with Gasteiger partial charge in [0, 0.05) is 11.3 Å². The lowest BCUT2D eigenvalue weighted by Crippen LogP contribution is -2.45. The minimum absolute atomic E-state index is 0.208. The van der Waals surface area contributed by atoms with E-state index in [0.717, 1.165) is 16.7 Å². The molecule has 170 valence electrons. The van der Waals surface area contributed by atoms with Gasteiger partial charge in [-0.2, -0.15) is 4.98 Å². The predicted molar refractivity (Wildman–Crippen MR) is 127 cm³/mol. The van der Waals surface area contributed by atoms with E-state index in [4.69, 9.17) is 4.52 Å². The van der Waals surface area contributed by atoms with Gasteiger partial charge < -0.3 is 9.84 Å². The maximum Gasteiger partial charge on any atom is 0.322 e. The maximum absolute atomic E-state index is 13.7. The maximum atomic E-state index is 13.7. The SMILES string of the molecule is CC1=C(c2nc(-c3cccc(F)c3)no2)C(c2ccccc2)NC(=O)N1Cc1ccc(C)cc1. The van der Waals surface area contributed by atoms with Crippen molar-refractivity contribution in [1.29, 1.82) is 0 Å². The van der Waals surface area contributed by atoms with Crippen LogP contribution in [0.25, 0.3) is 17.0 Å². The predicted octanol–water partition coefficient (Wildman–Crippen LogP) is 5.88. The Morgan fingerprint density at radius 3 is 2.50 bits per heavy atom. The molecular formula is C27H23FN4O2. The molecule has 4 aromatic rings. The molecule has 1 unspecified atom stereocenters. The number of benzene rings is 3. The Morgan fingerprint density at radius 2 is 1.76 bits per heavy atom. The van der Waals surface area contributed by atoms with Crippen LogP contribution in [0, 0.1) is 12.7 Å². The lowest BCUT2D eigenvalue weighted by molar-refractivity contribution is 0.203. The van der Waals surface area contributed by atoms with Gasteiger partial charge in [0.05, 0.1) is 18.2 Å². The van der Waals surface area contributed by atoms with Gasteiger partial charge >= 0.3 is 6.03 Å². The Labute approximate surface area is 196 Å². The number of halogens is 1. The Balaban J connectivity index is 1.59. The molecule has 1 aliphatic rings. The van der Waals surface area contributed by atoms with Crippen LogP contribution in [0.3, 0.4) is 0 Å². The number of urea groups is 1. The van der Waals surface area contributed by atoms with Crippen molar-refractivity contribution >= 4 is 11.6 Å². The summed E-state index contributed by atoms with van der Waals surface area (Å²) in [5.41, 5.74) is 4.98. The highest BCUT2D eigenvalue weighted by molar-refractivity contribution is 5.86. The third-order valence-corrected chi connectivity index (χ3v) is 5.93. The summed E-state index contributed by atoms with van der Waals surface area (Å²) in [7, 11) is 0. The van der Waals surface area contributed by atoms with Gasteiger partial charge in [-0.3, -0.25) is 4.90 Å². The van der Waals surface area contributed by atoms with Crippen LogP contribution in [-0.2, 0) is 6.54 Å². The van der Waals surface area contributed by atoms with Crippen molar-refractivity contribution in [3.63, 3.8) is 0 Å². The Kier molecular flexibility index (Phi) is 5.67. The summed E-state index contributed by atoms with van der Waals surface area (Å²) in [5.74, 6) is 0.179. The second-order valence-electron chi connectivity index (χ2n) is 8.30.